The summed E-state index contributed by atoms with van der Waals surface area (Å²) in [5.74, 6) is 0.314. The molecule has 0 saturated carbocycles. The Labute approximate surface area is 137 Å². The molecule has 0 bridgehead atoms. The maximum Gasteiger partial charge on any atom is 0.325 e. The van der Waals surface area contributed by atoms with Crippen LogP contribution in [0.25, 0.3) is 0 Å². The van der Waals surface area contributed by atoms with Crippen LogP contribution >= 0.6 is 0 Å². The van der Waals surface area contributed by atoms with Crippen LogP contribution in [0.15, 0.2) is 18.2 Å². The Balaban J connectivity index is 2.30. The number of hydrogen-bond donors (Lipinski definition) is 1. The highest BCUT2D eigenvalue weighted by atomic mass is 16.5. The van der Waals surface area contributed by atoms with E-state index in [-0.39, 0.29) is 6.04 Å². The number of carboxylic acid groups (broad SMARTS) is 1. The molecule has 2 unspecified atom stereocenters. The van der Waals surface area contributed by atoms with E-state index in [1.807, 2.05) is 0 Å². The lowest BCUT2D eigenvalue weighted by atomic mass is 10.0. The van der Waals surface area contributed by atoms with Crippen LogP contribution in [0.5, 0.6) is 11.5 Å². The summed E-state index contributed by atoms with van der Waals surface area (Å²) in [4.78, 5) is 16.3. The first-order valence-corrected chi connectivity index (χ1v) is 7.94. The number of carbonyl (C=O) groups is 1. The zero-order valence-corrected chi connectivity index (χ0v) is 14.3. The van der Waals surface area contributed by atoms with Crippen LogP contribution in [0.4, 0.5) is 0 Å². The van der Waals surface area contributed by atoms with Gasteiger partial charge in [-0.05, 0) is 31.2 Å². The minimum atomic E-state index is -0.839. The van der Waals surface area contributed by atoms with Crippen LogP contribution in [0.3, 0.4) is 0 Å². The van der Waals surface area contributed by atoms with Crippen LogP contribution in [0, 0.1) is 0 Å². The number of benzene rings is 1. The monoisotopic (exact) mass is 322 g/mol. The van der Waals surface area contributed by atoms with Gasteiger partial charge in [-0.1, -0.05) is 13.0 Å². The molecule has 2 atom stereocenters. The highest BCUT2D eigenvalue weighted by Crippen LogP contribution is 2.33. The molecule has 23 heavy (non-hydrogen) atoms. The summed E-state index contributed by atoms with van der Waals surface area (Å²) < 4.78 is 10.5. The van der Waals surface area contributed by atoms with Gasteiger partial charge < -0.3 is 19.5 Å². The van der Waals surface area contributed by atoms with Crippen molar-refractivity contribution in [3.05, 3.63) is 23.8 Å². The highest BCUT2D eigenvalue weighted by molar-refractivity contribution is 5.76. The third-order valence-corrected chi connectivity index (χ3v) is 4.50. The zero-order valence-electron chi connectivity index (χ0n) is 14.3. The van der Waals surface area contributed by atoms with Gasteiger partial charge in [0.05, 0.1) is 14.2 Å². The Kier molecular flexibility index (Phi) is 5.85. The van der Waals surface area contributed by atoms with E-state index in [1.165, 1.54) is 0 Å². The highest BCUT2D eigenvalue weighted by Gasteiger charge is 2.34. The largest absolute Gasteiger partial charge is 0.493 e. The minimum absolute atomic E-state index is 0.179. The number of ether oxygens (including phenoxy) is 2. The van der Waals surface area contributed by atoms with Crippen molar-refractivity contribution in [2.24, 2.45) is 0 Å². The van der Waals surface area contributed by atoms with Crippen molar-refractivity contribution in [1.29, 1.82) is 0 Å². The second-order valence-corrected chi connectivity index (χ2v) is 5.84. The molecule has 6 heteroatoms. The Morgan fingerprint density at radius 2 is 2.00 bits per heavy atom. The van der Waals surface area contributed by atoms with E-state index in [2.05, 4.69) is 23.6 Å². The van der Waals surface area contributed by atoms with Crippen molar-refractivity contribution >= 4 is 5.97 Å². The number of nitrogens with zero attached hydrogens (tertiary/aromatic N) is 2. The number of rotatable bonds is 6. The fraction of sp³-hybridized carbons (Fsp3) is 0.588. The summed E-state index contributed by atoms with van der Waals surface area (Å²) in [5, 5.41) is 9.78. The fourth-order valence-electron chi connectivity index (χ4n) is 3.22. The molecule has 0 spiro atoms. The average molecular weight is 322 g/mol. The number of methoxy groups -OCH3 is 2. The quantitative estimate of drug-likeness (QED) is 0.862. The topological polar surface area (TPSA) is 62.2 Å². The molecule has 1 fully saturated rings. The van der Waals surface area contributed by atoms with Gasteiger partial charge in [0.1, 0.15) is 6.04 Å². The Morgan fingerprint density at radius 3 is 2.52 bits per heavy atom. The summed E-state index contributed by atoms with van der Waals surface area (Å²) in [6.45, 7) is 7.71. The lowest BCUT2D eigenvalue weighted by Crippen LogP contribution is -2.54. The lowest BCUT2D eigenvalue weighted by molar-refractivity contribution is -0.145. The predicted octanol–water partition coefficient (Wildman–Crippen LogP) is 1.86. The lowest BCUT2D eigenvalue weighted by Gasteiger charge is -2.42. The van der Waals surface area contributed by atoms with Crippen LogP contribution in [0.1, 0.15) is 25.5 Å². The smallest absolute Gasteiger partial charge is 0.325 e. The van der Waals surface area contributed by atoms with Crippen LogP contribution in [0.2, 0.25) is 0 Å². The number of piperazine rings is 1. The van der Waals surface area contributed by atoms with E-state index in [4.69, 9.17) is 9.47 Å². The third kappa shape index (κ3) is 3.76. The summed E-state index contributed by atoms with van der Waals surface area (Å²) in [7, 11) is 3.12. The normalized spacial score (nSPS) is 21.0. The summed E-state index contributed by atoms with van der Waals surface area (Å²) in [5.41, 5.74) is 0.715. The second kappa shape index (κ2) is 7.66. The Hall–Kier alpha value is -1.79. The maximum absolute atomic E-state index is 11.9. The molecule has 2 rings (SSSR count). The fourth-order valence-corrected chi connectivity index (χ4v) is 3.22. The van der Waals surface area contributed by atoms with E-state index in [0.717, 1.165) is 26.2 Å². The zero-order chi connectivity index (χ0) is 17.0. The van der Waals surface area contributed by atoms with Gasteiger partial charge in [0.25, 0.3) is 0 Å². The van der Waals surface area contributed by atoms with Crippen LogP contribution < -0.4 is 9.47 Å². The second-order valence-electron chi connectivity index (χ2n) is 5.84. The van der Waals surface area contributed by atoms with Crippen molar-refractivity contribution in [1.82, 2.24) is 9.80 Å². The summed E-state index contributed by atoms with van der Waals surface area (Å²) >= 11 is 0. The molecular weight excluding hydrogens is 296 g/mol. The number of aliphatic carboxylic acids is 1. The molecule has 6 nitrogen and oxygen atoms in total. The summed E-state index contributed by atoms with van der Waals surface area (Å²) in [6.07, 6.45) is 0. The Morgan fingerprint density at radius 1 is 1.30 bits per heavy atom. The molecule has 1 N–H and O–H groups in total. The molecule has 1 aromatic rings. The molecule has 0 amide bonds. The van der Waals surface area contributed by atoms with Crippen molar-refractivity contribution in [2.45, 2.75) is 25.9 Å². The van der Waals surface area contributed by atoms with Crippen LogP contribution in [-0.4, -0.2) is 67.3 Å². The molecule has 0 aromatic heterocycles. The van der Waals surface area contributed by atoms with E-state index in [0.29, 0.717) is 17.1 Å². The first-order chi connectivity index (χ1) is 11.0. The van der Waals surface area contributed by atoms with Gasteiger partial charge >= 0.3 is 5.97 Å². The van der Waals surface area contributed by atoms with Crippen molar-refractivity contribution in [3.8, 4) is 11.5 Å². The Bertz CT molecular complexity index is 549. The van der Waals surface area contributed by atoms with Gasteiger partial charge in [-0.2, -0.15) is 0 Å². The maximum atomic E-state index is 11.9. The van der Waals surface area contributed by atoms with Crippen LogP contribution in [-0.2, 0) is 4.79 Å². The van der Waals surface area contributed by atoms with E-state index >= 15 is 0 Å². The molecule has 0 radical (unpaired) electrons. The summed E-state index contributed by atoms with van der Waals surface area (Å²) in [6, 6.07) is 4.83. The third-order valence-electron chi connectivity index (χ3n) is 4.50. The predicted molar refractivity (Wildman–Crippen MR) is 88.2 cm³/mol. The van der Waals surface area contributed by atoms with Gasteiger partial charge in [-0.15, -0.1) is 0 Å². The van der Waals surface area contributed by atoms with Crippen molar-refractivity contribution in [3.63, 3.8) is 0 Å². The molecule has 1 aliphatic heterocycles. The molecule has 1 aliphatic rings. The van der Waals surface area contributed by atoms with Crippen molar-refractivity contribution in [2.75, 3.05) is 40.4 Å². The average Bonchev–Trinajstić information content (AvgIpc) is 2.55. The van der Waals surface area contributed by atoms with E-state index < -0.39 is 12.0 Å². The standard InChI is InChI=1S/C17H26N2O4/c1-5-18-8-9-19(12(2)11-18)16(17(20)21)13-6-7-14(22-3)15(10-13)23-4/h6-7,10,12,16H,5,8-9,11H2,1-4H3,(H,20,21). The van der Waals surface area contributed by atoms with Gasteiger partial charge in [0.15, 0.2) is 11.5 Å². The van der Waals surface area contributed by atoms with Gasteiger partial charge in [0, 0.05) is 25.7 Å². The van der Waals surface area contributed by atoms with Gasteiger partial charge in [-0.25, -0.2) is 0 Å². The molecular formula is C17H26N2O4. The van der Waals surface area contributed by atoms with Gasteiger partial charge in [-0.3, -0.25) is 9.69 Å². The molecule has 0 aliphatic carbocycles. The van der Waals surface area contributed by atoms with Crippen molar-refractivity contribution < 1.29 is 19.4 Å². The SMILES string of the molecule is CCN1CCN(C(C(=O)O)c2ccc(OC)c(OC)c2)C(C)C1. The molecule has 1 saturated heterocycles. The molecule has 1 aromatic carbocycles. The first-order valence-electron chi connectivity index (χ1n) is 7.94. The number of likely N-dealkylation sites (N-methyl/N-ethyl adjacent to an activating group) is 1. The molecule has 128 valence electrons. The first kappa shape index (κ1) is 17.6. The number of carboxylic acids is 1. The number of hydrogen-bond acceptors (Lipinski definition) is 5. The molecule has 1 heterocycles. The van der Waals surface area contributed by atoms with E-state index in [9.17, 15) is 9.90 Å². The van der Waals surface area contributed by atoms with Gasteiger partial charge in [0.2, 0.25) is 0 Å². The minimum Gasteiger partial charge on any atom is -0.493 e. The van der Waals surface area contributed by atoms with E-state index in [1.54, 1.807) is 32.4 Å².